The van der Waals surface area contributed by atoms with Crippen molar-refractivity contribution < 1.29 is 42.1 Å². The molecule has 0 aromatic heterocycles. The van der Waals surface area contributed by atoms with Crippen molar-refractivity contribution >= 4 is 19.8 Å². The van der Waals surface area contributed by atoms with E-state index in [-0.39, 0.29) is 25.6 Å². The number of phosphoric ester groups is 1. The van der Waals surface area contributed by atoms with Gasteiger partial charge in [-0.25, -0.2) is 4.57 Å². The second-order valence-corrected chi connectivity index (χ2v) is 15.8. The first-order valence-corrected chi connectivity index (χ1v) is 20.8. The van der Waals surface area contributed by atoms with E-state index in [0.29, 0.717) is 23.9 Å². The number of ether oxygens (including phenoxy) is 2. The molecule has 9 nitrogen and oxygen atoms in total. The van der Waals surface area contributed by atoms with E-state index in [1.54, 1.807) is 0 Å². The average molecular weight is 693 g/mol. The highest BCUT2D eigenvalue weighted by atomic mass is 31.2. The second kappa shape index (κ2) is 31.0. The molecule has 0 amide bonds. The summed E-state index contributed by atoms with van der Waals surface area (Å²) in [7, 11) is 1.49. The first-order valence-electron chi connectivity index (χ1n) is 19.3. The minimum Gasteiger partial charge on any atom is -0.462 e. The maximum Gasteiger partial charge on any atom is 0.472 e. The molecule has 0 aliphatic heterocycles. The first-order chi connectivity index (χ1) is 22.5. The summed E-state index contributed by atoms with van der Waals surface area (Å²) in [4.78, 5) is 35.1. The van der Waals surface area contributed by atoms with Crippen molar-refractivity contribution in [1.82, 2.24) is 0 Å². The van der Waals surface area contributed by atoms with Gasteiger partial charge in [0, 0.05) is 12.8 Å². The predicted molar refractivity (Wildman–Crippen MR) is 192 cm³/mol. The van der Waals surface area contributed by atoms with Crippen molar-refractivity contribution in [3.05, 3.63) is 0 Å². The lowest BCUT2D eigenvalue weighted by Gasteiger charge is -2.24. The van der Waals surface area contributed by atoms with Crippen molar-refractivity contribution in [2.24, 2.45) is 0 Å². The van der Waals surface area contributed by atoms with E-state index < -0.39 is 26.5 Å². The number of likely N-dealkylation sites (N-methyl/N-ethyl adjacent to an activating group) is 1. The van der Waals surface area contributed by atoms with Crippen LogP contribution in [0.3, 0.4) is 0 Å². The van der Waals surface area contributed by atoms with Gasteiger partial charge in [-0.1, -0.05) is 149 Å². The van der Waals surface area contributed by atoms with Gasteiger partial charge < -0.3 is 18.9 Å². The van der Waals surface area contributed by atoms with Gasteiger partial charge in [0.2, 0.25) is 0 Å². The topological polar surface area (TPSA) is 108 Å². The fraction of sp³-hybridized carbons (Fsp3) is 0.946. The van der Waals surface area contributed by atoms with E-state index in [0.717, 1.165) is 32.1 Å². The van der Waals surface area contributed by atoms with Crippen LogP contribution in [0.25, 0.3) is 0 Å². The Morgan fingerprint density at radius 1 is 0.574 bits per heavy atom. The standard InChI is InChI=1S/C37H74NO8P/c1-6-8-10-12-14-16-17-18-19-20-22-23-25-27-29-36(39)43-33-35(34-45-47(41,42)44-32-31-38(3,4)5)46-37(40)30-28-26-24-21-15-13-11-9-7-2/h35H,6-34H2,1-5H3/p+1/t35-/m1/s1. The summed E-state index contributed by atoms with van der Waals surface area (Å²) in [6.45, 7) is 4.40. The summed E-state index contributed by atoms with van der Waals surface area (Å²) in [6.07, 6.45) is 27.2. The Morgan fingerprint density at radius 3 is 1.36 bits per heavy atom. The molecule has 0 saturated carbocycles. The van der Waals surface area contributed by atoms with Crippen molar-refractivity contribution in [1.29, 1.82) is 0 Å². The average Bonchev–Trinajstić information content (AvgIpc) is 3.01. The van der Waals surface area contributed by atoms with Gasteiger partial charge in [-0.15, -0.1) is 0 Å². The van der Waals surface area contributed by atoms with Gasteiger partial charge in [-0.2, -0.15) is 0 Å². The number of esters is 2. The summed E-state index contributed by atoms with van der Waals surface area (Å²) < 4.78 is 34.1. The van der Waals surface area contributed by atoms with E-state index in [1.165, 1.54) is 109 Å². The van der Waals surface area contributed by atoms with Crippen LogP contribution in [0.15, 0.2) is 0 Å². The third-order valence-electron chi connectivity index (χ3n) is 8.39. The largest absolute Gasteiger partial charge is 0.472 e. The molecule has 10 heteroatoms. The van der Waals surface area contributed by atoms with Crippen LogP contribution < -0.4 is 0 Å². The van der Waals surface area contributed by atoms with E-state index >= 15 is 0 Å². The zero-order valence-electron chi connectivity index (χ0n) is 31.3. The second-order valence-electron chi connectivity index (χ2n) is 14.3. The zero-order valence-corrected chi connectivity index (χ0v) is 32.2. The highest BCUT2D eigenvalue weighted by molar-refractivity contribution is 7.47. The van der Waals surface area contributed by atoms with E-state index in [4.69, 9.17) is 18.5 Å². The Morgan fingerprint density at radius 2 is 0.957 bits per heavy atom. The third-order valence-corrected chi connectivity index (χ3v) is 9.37. The molecule has 1 unspecified atom stereocenters. The number of carbonyl (C=O) groups excluding carboxylic acids is 2. The van der Waals surface area contributed by atoms with E-state index in [1.807, 2.05) is 21.1 Å². The van der Waals surface area contributed by atoms with E-state index in [9.17, 15) is 19.0 Å². The number of quaternary nitrogens is 1. The lowest BCUT2D eigenvalue weighted by Crippen LogP contribution is -2.37. The quantitative estimate of drug-likeness (QED) is 0.0303. The summed E-state index contributed by atoms with van der Waals surface area (Å²) in [6, 6.07) is 0. The normalized spacial score (nSPS) is 13.7. The van der Waals surface area contributed by atoms with Crippen molar-refractivity contribution in [2.45, 2.75) is 180 Å². The van der Waals surface area contributed by atoms with Crippen LogP contribution >= 0.6 is 7.82 Å². The molecule has 0 spiro atoms. The van der Waals surface area contributed by atoms with Gasteiger partial charge in [-0.05, 0) is 12.8 Å². The smallest absolute Gasteiger partial charge is 0.462 e. The Bertz CT molecular complexity index is 789. The molecule has 0 rings (SSSR count). The highest BCUT2D eigenvalue weighted by Gasteiger charge is 2.27. The van der Waals surface area contributed by atoms with Gasteiger partial charge in [0.15, 0.2) is 6.10 Å². The maximum atomic E-state index is 12.5. The molecule has 0 fully saturated rings. The van der Waals surface area contributed by atoms with E-state index in [2.05, 4.69) is 13.8 Å². The molecular formula is C37H75NO8P+. The fourth-order valence-corrected chi connectivity index (χ4v) is 6.05. The number of hydrogen-bond donors (Lipinski definition) is 1. The van der Waals surface area contributed by atoms with Crippen LogP contribution in [0.4, 0.5) is 0 Å². The Labute approximate surface area is 289 Å². The molecule has 0 aliphatic carbocycles. The van der Waals surface area contributed by atoms with Crippen molar-refractivity contribution in [3.8, 4) is 0 Å². The number of hydrogen-bond acceptors (Lipinski definition) is 7. The summed E-state index contributed by atoms with van der Waals surface area (Å²) in [5.74, 6) is -0.793. The molecule has 0 bridgehead atoms. The zero-order chi connectivity index (χ0) is 35.1. The van der Waals surface area contributed by atoms with Crippen LogP contribution in [-0.2, 0) is 32.7 Å². The molecule has 0 heterocycles. The van der Waals surface area contributed by atoms with Crippen molar-refractivity contribution in [2.75, 3.05) is 47.5 Å². The molecule has 0 saturated heterocycles. The monoisotopic (exact) mass is 693 g/mol. The van der Waals surface area contributed by atoms with Gasteiger partial charge in [0.05, 0.1) is 27.7 Å². The number of phosphoric acid groups is 1. The van der Waals surface area contributed by atoms with Crippen LogP contribution in [-0.4, -0.2) is 74.9 Å². The molecule has 0 radical (unpaired) electrons. The summed E-state index contributed by atoms with van der Waals surface area (Å²) >= 11 is 0. The Hall–Kier alpha value is -0.990. The molecule has 280 valence electrons. The lowest BCUT2D eigenvalue weighted by atomic mass is 10.0. The van der Waals surface area contributed by atoms with Crippen molar-refractivity contribution in [3.63, 3.8) is 0 Å². The minimum absolute atomic E-state index is 0.0362. The molecule has 0 aromatic carbocycles. The van der Waals surface area contributed by atoms with Crippen LogP contribution in [0.5, 0.6) is 0 Å². The summed E-state index contributed by atoms with van der Waals surface area (Å²) in [5, 5.41) is 0. The maximum absolute atomic E-state index is 12.5. The molecule has 0 aromatic rings. The van der Waals surface area contributed by atoms with Gasteiger partial charge in [0.25, 0.3) is 0 Å². The molecular weight excluding hydrogens is 617 g/mol. The minimum atomic E-state index is -4.35. The molecule has 2 atom stereocenters. The number of rotatable bonds is 35. The highest BCUT2D eigenvalue weighted by Crippen LogP contribution is 2.43. The number of unbranched alkanes of at least 4 members (excludes halogenated alkanes) is 21. The Balaban J connectivity index is 4.37. The molecule has 1 N–H and O–H groups in total. The van der Waals surface area contributed by atoms with Gasteiger partial charge >= 0.3 is 19.8 Å². The SMILES string of the molecule is CCCCCCCCCCCCCCCCC(=O)OC[C@H](COP(=O)(O)OCC[N+](C)(C)C)OC(=O)CCCCCCCCCCC. The summed E-state index contributed by atoms with van der Waals surface area (Å²) in [5.41, 5.74) is 0. The van der Waals surface area contributed by atoms with Gasteiger partial charge in [0.1, 0.15) is 19.8 Å². The third kappa shape index (κ3) is 34.7. The Kier molecular flexibility index (Phi) is 30.4. The van der Waals surface area contributed by atoms with Crippen LogP contribution in [0.2, 0.25) is 0 Å². The van der Waals surface area contributed by atoms with Crippen LogP contribution in [0.1, 0.15) is 174 Å². The molecule has 0 aliphatic rings. The number of carbonyl (C=O) groups is 2. The predicted octanol–water partition coefficient (Wildman–Crippen LogP) is 10.1. The first kappa shape index (κ1) is 46.0. The van der Waals surface area contributed by atoms with Gasteiger partial charge in [-0.3, -0.25) is 18.6 Å². The number of nitrogens with zero attached hydrogens (tertiary/aromatic N) is 1. The fourth-order valence-electron chi connectivity index (χ4n) is 5.31. The lowest BCUT2D eigenvalue weighted by molar-refractivity contribution is -0.870. The molecule has 47 heavy (non-hydrogen) atoms. The van der Waals surface area contributed by atoms with Crippen LogP contribution in [0, 0.1) is 0 Å².